The molecule has 11 heavy (non-hydrogen) atoms. The van der Waals surface area contributed by atoms with Crippen molar-refractivity contribution in [2.24, 2.45) is 5.92 Å². The number of hydrogen-bond donors (Lipinski definition) is 1. The molecule has 1 aromatic carbocycles. The molecule has 0 aromatic heterocycles. The molecule has 0 unspecified atom stereocenters. The molecule has 1 saturated carbocycles. The maximum Gasteiger partial charge on any atom is 0.0340 e. The van der Waals surface area contributed by atoms with Gasteiger partial charge in [-0.1, -0.05) is 18.2 Å². The van der Waals surface area contributed by atoms with Crippen molar-refractivity contribution in [1.29, 1.82) is 0 Å². The summed E-state index contributed by atoms with van der Waals surface area (Å²) in [5.41, 5.74) is 1.25. The third kappa shape index (κ3) is 1.97. The molecule has 0 saturated heterocycles. The van der Waals surface area contributed by atoms with Crippen LogP contribution in [0.1, 0.15) is 12.8 Å². The van der Waals surface area contributed by atoms with Gasteiger partial charge in [-0.3, -0.25) is 0 Å². The number of rotatable bonds is 3. The third-order valence-electron chi connectivity index (χ3n) is 2.07. The van der Waals surface area contributed by atoms with Crippen molar-refractivity contribution >= 4 is 5.69 Å². The van der Waals surface area contributed by atoms with Crippen LogP contribution in [0.4, 0.5) is 5.69 Å². The van der Waals surface area contributed by atoms with Gasteiger partial charge in [-0.2, -0.15) is 0 Å². The van der Waals surface area contributed by atoms with Crippen molar-refractivity contribution in [3.63, 3.8) is 0 Å². The van der Waals surface area contributed by atoms with Gasteiger partial charge in [0.05, 0.1) is 0 Å². The van der Waals surface area contributed by atoms with Crippen LogP contribution < -0.4 is 5.32 Å². The van der Waals surface area contributed by atoms with Gasteiger partial charge in [-0.05, 0) is 30.9 Å². The highest BCUT2D eigenvalue weighted by atomic mass is 14.9. The van der Waals surface area contributed by atoms with E-state index in [2.05, 4.69) is 29.6 Å². The number of para-hydroxylation sites is 1. The molecule has 0 amide bonds. The zero-order valence-electron chi connectivity index (χ0n) is 6.59. The first-order valence-corrected chi connectivity index (χ1v) is 4.24. The van der Waals surface area contributed by atoms with E-state index in [4.69, 9.17) is 0 Å². The molecule has 0 atom stereocenters. The molecule has 58 valence electrons. The normalized spacial score (nSPS) is 16.4. The summed E-state index contributed by atoms with van der Waals surface area (Å²) in [7, 11) is 0. The van der Waals surface area contributed by atoms with Crippen molar-refractivity contribution < 1.29 is 0 Å². The molecule has 0 heterocycles. The van der Waals surface area contributed by atoms with Crippen LogP contribution in [-0.4, -0.2) is 6.54 Å². The second kappa shape index (κ2) is 2.95. The van der Waals surface area contributed by atoms with Crippen LogP contribution in [0, 0.1) is 5.92 Å². The molecule has 1 fully saturated rings. The van der Waals surface area contributed by atoms with Gasteiger partial charge < -0.3 is 5.32 Å². The van der Waals surface area contributed by atoms with Gasteiger partial charge in [0.2, 0.25) is 0 Å². The molecule has 0 spiro atoms. The van der Waals surface area contributed by atoms with Crippen molar-refractivity contribution in [1.82, 2.24) is 0 Å². The highest BCUT2D eigenvalue weighted by molar-refractivity contribution is 5.42. The Kier molecular flexibility index (Phi) is 1.80. The maximum absolute atomic E-state index is 3.41. The van der Waals surface area contributed by atoms with Gasteiger partial charge in [0.25, 0.3) is 0 Å². The van der Waals surface area contributed by atoms with Gasteiger partial charge in [0.1, 0.15) is 0 Å². The molecular formula is C10H13N. The van der Waals surface area contributed by atoms with Crippen molar-refractivity contribution in [2.75, 3.05) is 11.9 Å². The topological polar surface area (TPSA) is 12.0 Å². The predicted octanol–water partition coefficient (Wildman–Crippen LogP) is 2.51. The minimum atomic E-state index is 0.954. The van der Waals surface area contributed by atoms with Gasteiger partial charge in [0, 0.05) is 12.2 Å². The van der Waals surface area contributed by atoms with Gasteiger partial charge in [-0.25, -0.2) is 0 Å². The Morgan fingerprint density at radius 1 is 1.18 bits per heavy atom. The molecule has 0 bridgehead atoms. The SMILES string of the molecule is c1ccc(NCC2CC2)cc1. The van der Waals surface area contributed by atoms with Crippen molar-refractivity contribution in [2.45, 2.75) is 12.8 Å². The fourth-order valence-corrected chi connectivity index (χ4v) is 1.14. The predicted molar refractivity (Wildman–Crippen MR) is 47.7 cm³/mol. The number of benzene rings is 1. The molecule has 1 aromatic rings. The minimum Gasteiger partial charge on any atom is -0.385 e. The van der Waals surface area contributed by atoms with E-state index in [1.165, 1.54) is 18.5 Å². The van der Waals surface area contributed by atoms with Crippen molar-refractivity contribution in [3.05, 3.63) is 30.3 Å². The van der Waals surface area contributed by atoms with Gasteiger partial charge in [0.15, 0.2) is 0 Å². The summed E-state index contributed by atoms with van der Waals surface area (Å²) in [6.07, 6.45) is 2.83. The number of hydrogen-bond acceptors (Lipinski definition) is 1. The standard InChI is InChI=1S/C10H13N/c1-2-4-10(5-3-1)11-8-9-6-7-9/h1-5,9,11H,6-8H2. The first-order valence-electron chi connectivity index (χ1n) is 4.24. The van der Waals surface area contributed by atoms with E-state index in [0.717, 1.165) is 12.5 Å². The van der Waals surface area contributed by atoms with E-state index in [9.17, 15) is 0 Å². The Morgan fingerprint density at radius 2 is 1.91 bits per heavy atom. The van der Waals surface area contributed by atoms with E-state index >= 15 is 0 Å². The first kappa shape index (κ1) is 6.71. The summed E-state index contributed by atoms with van der Waals surface area (Å²) in [4.78, 5) is 0. The van der Waals surface area contributed by atoms with Crippen LogP contribution in [0.15, 0.2) is 30.3 Å². The lowest BCUT2D eigenvalue weighted by Crippen LogP contribution is -2.02. The average Bonchev–Trinajstić information content (AvgIpc) is 2.86. The Bertz CT molecular complexity index is 214. The summed E-state index contributed by atoms with van der Waals surface area (Å²) in [6.45, 7) is 1.16. The third-order valence-corrected chi connectivity index (χ3v) is 2.07. The van der Waals surface area contributed by atoms with Crippen LogP contribution in [0.5, 0.6) is 0 Å². The fourth-order valence-electron chi connectivity index (χ4n) is 1.14. The molecule has 1 N–H and O–H groups in total. The second-order valence-electron chi connectivity index (χ2n) is 3.19. The second-order valence-corrected chi connectivity index (χ2v) is 3.19. The Labute approximate surface area is 67.4 Å². The van der Waals surface area contributed by atoms with Crippen molar-refractivity contribution in [3.8, 4) is 0 Å². The Hall–Kier alpha value is -0.980. The zero-order valence-corrected chi connectivity index (χ0v) is 6.59. The number of nitrogens with one attached hydrogen (secondary N) is 1. The first-order chi connectivity index (χ1) is 5.45. The van der Waals surface area contributed by atoms with Crippen LogP contribution in [0.25, 0.3) is 0 Å². The fraction of sp³-hybridized carbons (Fsp3) is 0.400. The highest BCUT2D eigenvalue weighted by Gasteiger charge is 2.20. The molecule has 1 aliphatic rings. The largest absolute Gasteiger partial charge is 0.385 e. The van der Waals surface area contributed by atoms with Crippen LogP contribution in [-0.2, 0) is 0 Å². The summed E-state index contributed by atoms with van der Waals surface area (Å²) in [6, 6.07) is 10.4. The van der Waals surface area contributed by atoms with Gasteiger partial charge in [-0.15, -0.1) is 0 Å². The Morgan fingerprint density at radius 3 is 2.55 bits per heavy atom. The molecular weight excluding hydrogens is 134 g/mol. The summed E-state index contributed by atoms with van der Waals surface area (Å²) in [5.74, 6) is 0.954. The lowest BCUT2D eigenvalue weighted by molar-refractivity contribution is 0.889. The van der Waals surface area contributed by atoms with Crippen LogP contribution >= 0.6 is 0 Å². The Balaban J connectivity index is 1.85. The molecule has 2 rings (SSSR count). The van der Waals surface area contributed by atoms with E-state index in [1.54, 1.807) is 0 Å². The maximum atomic E-state index is 3.41. The van der Waals surface area contributed by atoms with E-state index in [-0.39, 0.29) is 0 Å². The summed E-state index contributed by atoms with van der Waals surface area (Å²) < 4.78 is 0. The lowest BCUT2D eigenvalue weighted by atomic mass is 10.3. The average molecular weight is 147 g/mol. The smallest absolute Gasteiger partial charge is 0.0340 e. The molecule has 0 aliphatic heterocycles. The van der Waals surface area contributed by atoms with E-state index in [1.807, 2.05) is 6.07 Å². The quantitative estimate of drug-likeness (QED) is 0.692. The highest BCUT2D eigenvalue weighted by Crippen LogP contribution is 2.28. The van der Waals surface area contributed by atoms with Crippen LogP contribution in [0.2, 0.25) is 0 Å². The molecule has 1 heteroatoms. The monoisotopic (exact) mass is 147 g/mol. The van der Waals surface area contributed by atoms with E-state index < -0.39 is 0 Å². The lowest BCUT2D eigenvalue weighted by Gasteiger charge is -2.03. The molecule has 1 nitrogen and oxygen atoms in total. The molecule has 0 radical (unpaired) electrons. The van der Waals surface area contributed by atoms with Crippen LogP contribution in [0.3, 0.4) is 0 Å². The van der Waals surface area contributed by atoms with E-state index in [0.29, 0.717) is 0 Å². The summed E-state index contributed by atoms with van der Waals surface area (Å²) >= 11 is 0. The number of anilines is 1. The minimum absolute atomic E-state index is 0.954. The zero-order chi connectivity index (χ0) is 7.52. The summed E-state index contributed by atoms with van der Waals surface area (Å²) in [5, 5.41) is 3.41. The molecule has 1 aliphatic carbocycles. The van der Waals surface area contributed by atoms with Gasteiger partial charge >= 0.3 is 0 Å².